The lowest BCUT2D eigenvalue weighted by molar-refractivity contribution is 0.232. The molecule has 0 aliphatic carbocycles. The van der Waals surface area contributed by atoms with E-state index in [9.17, 15) is 0 Å². The lowest BCUT2D eigenvalue weighted by Crippen LogP contribution is -2.23. The van der Waals surface area contributed by atoms with E-state index in [1.807, 2.05) is 36.4 Å². The van der Waals surface area contributed by atoms with Crippen LogP contribution in [0.15, 0.2) is 53.0 Å². The van der Waals surface area contributed by atoms with Gasteiger partial charge in [0.1, 0.15) is 18.1 Å². The third kappa shape index (κ3) is 5.40. The number of likely N-dealkylation sites (N-methyl/N-ethyl adjacent to an activating group) is 1. The van der Waals surface area contributed by atoms with Gasteiger partial charge in [0.05, 0.1) is 7.11 Å². The molecule has 0 unspecified atom stereocenters. The molecule has 0 spiro atoms. The van der Waals surface area contributed by atoms with E-state index in [1.165, 1.54) is 5.56 Å². The molecule has 3 nitrogen and oxygen atoms in total. The number of ether oxygens (including phenoxy) is 2. The maximum Gasteiger partial charge on any atom is 0.120 e. The van der Waals surface area contributed by atoms with E-state index in [4.69, 9.17) is 9.47 Å². The minimum Gasteiger partial charge on any atom is -0.497 e. The summed E-state index contributed by atoms with van der Waals surface area (Å²) < 4.78 is 11.9. The van der Waals surface area contributed by atoms with Gasteiger partial charge in [-0.25, -0.2) is 0 Å². The summed E-state index contributed by atoms with van der Waals surface area (Å²) in [6.45, 7) is 2.44. The van der Waals surface area contributed by atoms with Crippen molar-refractivity contribution in [1.29, 1.82) is 0 Å². The van der Waals surface area contributed by atoms with Crippen molar-refractivity contribution in [1.82, 2.24) is 4.90 Å². The van der Waals surface area contributed by atoms with Crippen LogP contribution in [0.2, 0.25) is 0 Å². The van der Waals surface area contributed by atoms with Crippen LogP contribution in [0, 0.1) is 0 Å². The summed E-state index contributed by atoms with van der Waals surface area (Å²) in [5.74, 6) is 1.78. The molecule has 2 rings (SSSR count). The Morgan fingerprint density at radius 2 is 1.81 bits per heavy atom. The fourth-order valence-electron chi connectivity index (χ4n) is 2.00. The van der Waals surface area contributed by atoms with Crippen LogP contribution in [-0.2, 0) is 6.54 Å². The van der Waals surface area contributed by atoms with Gasteiger partial charge in [-0.2, -0.15) is 0 Å². The highest BCUT2D eigenvalue weighted by molar-refractivity contribution is 9.10. The maximum atomic E-state index is 5.74. The molecule has 0 aliphatic heterocycles. The number of rotatable bonds is 7. The van der Waals surface area contributed by atoms with Crippen LogP contribution in [0.5, 0.6) is 11.5 Å². The summed E-state index contributed by atoms with van der Waals surface area (Å²) >= 11 is 3.44. The van der Waals surface area contributed by atoms with Gasteiger partial charge >= 0.3 is 0 Å². The van der Waals surface area contributed by atoms with Gasteiger partial charge in [0.15, 0.2) is 0 Å². The number of hydrogen-bond donors (Lipinski definition) is 0. The molecule has 0 heterocycles. The van der Waals surface area contributed by atoms with E-state index >= 15 is 0 Å². The summed E-state index contributed by atoms with van der Waals surface area (Å²) in [6, 6.07) is 16.1. The zero-order chi connectivity index (χ0) is 15.1. The van der Waals surface area contributed by atoms with E-state index in [0.717, 1.165) is 29.1 Å². The number of nitrogens with zero attached hydrogens (tertiary/aromatic N) is 1. The predicted octanol–water partition coefficient (Wildman–Crippen LogP) is 3.97. The van der Waals surface area contributed by atoms with Crippen LogP contribution in [0.3, 0.4) is 0 Å². The third-order valence-electron chi connectivity index (χ3n) is 3.15. The van der Waals surface area contributed by atoms with Crippen molar-refractivity contribution in [2.45, 2.75) is 6.54 Å². The summed E-state index contributed by atoms with van der Waals surface area (Å²) in [6.07, 6.45) is 0. The first-order chi connectivity index (χ1) is 10.2. The molecule has 0 N–H and O–H groups in total. The van der Waals surface area contributed by atoms with Gasteiger partial charge in [-0.15, -0.1) is 0 Å². The Kier molecular flexibility index (Phi) is 6.08. The normalized spacial score (nSPS) is 10.7. The molecule has 21 heavy (non-hydrogen) atoms. The molecule has 2 aromatic carbocycles. The minimum absolute atomic E-state index is 0.670. The highest BCUT2D eigenvalue weighted by atomic mass is 79.9. The highest BCUT2D eigenvalue weighted by Crippen LogP contribution is 2.17. The SMILES string of the molecule is COc1ccc(CN(C)CCOc2cccc(Br)c2)cc1. The van der Waals surface area contributed by atoms with Gasteiger partial charge in [0.2, 0.25) is 0 Å². The molecule has 0 saturated heterocycles. The van der Waals surface area contributed by atoms with Crippen molar-refractivity contribution in [3.63, 3.8) is 0 Å². The van der Waals surface area contributed by atoms with Gasteiger partial charge in [0.25, 0.3) is 0 Å². The fraction of sp³-hybridized carbons (Fsp3) is 0.294. The Hall–Kier alpha value is -1.52. The van der Waals surface area contributed by atoms with E-state index in [0.29, 0.717) is 6.61 Å². The van der Waals surface area contributed by atoms with E-state index < -0.39 is 0 Å². The second-order valence-electron chi connectivity index (χ2n) is 4.89. The average Bonchev–Trinajstić information content (AvgIpc) is 2.48. The molecule has 112 valence electrons. The summed E-state index contributed by atoms with van der Waals surface area (Å²) in [4.78, 5) is 2.24. The third-order valence-corrected chi connectivity index (χ3v) is 3.64. The standard InChI is InChI=1S/C17H20BrNO2/c1-19(13-14-6-8-16(20-2)9-7-14)10-11-21-17-5-3-4-15(18)12-17/h3-9,12H,10-11,13H2,1-2H3. The van der Waals surface area contributed by atoms with Gasteiger partial charge < -0.3 is 9.47 Å². The van der Waals surface area contributed by atoms with Crippen LogP contribution in [0.25, 0.3) is 0 Å². The van der Waals surface area contributed by atoms with Crippen LogP contribution >= 0.6 is 15.9 Å². The lowest BCUT2D eigenvalue weighted by atomic mass is 10.2. The number of methoxy groups -OCH3 is 1. The van der Waals surface area contributed by atoms with Crippen molar-refractivity contribution in [2.24, 2.45) is 0 Å². The Balaban J connectivity index is 1.75. The van der Waals surface area contributed by atoms with Crippen LogP contribution in [0.1, 0.15) is 5.56 Å². The molecular formula is C17H20BrNO2. The second-order valence-corrected chi connectivity index (χ2v) is 5.81. The fourth-order valence-corrected chi connectivity index (χ4v) is 2.38. The Bertz CT molecular complexity index is 557. The van der Waals surface area contributed by atoms with Crippen LogP contribution < -0.4 is 9.47 Å². The van der Waals surface area contributed by atoms with Gasteiger partial charge in [-0.05, 0) is 42.9 Å². The Labute approximate surface area is 134 Å². The van der Waals surface area contributed by atoms with Crippen LogP contribution in [0.4, 0.5) is 0 Å². The average molecular weight is 350 g/mol. The molecule has 0 saturated carbocycles. The zero-order valence-corrected chi connectivity index (χ0v) is 14.0. The Morgan fingerprint density at radius 1 is 1.05 bits per heavy atom. The Morgan fingerprint density at radius 3 is 2.48 bits per heavy atom. The monoisotopic (exact) mass is 349 g/mol. The van der Waals surface area contributed by atoms with E-state index in [-0.39, 0.29) is 0 Å². The topological polar surface area (TPSA) is 21.7 Å². The molecule has 0 radical (unpaired) electrons. The summed E-state index contributed by atoms with van der Waals surface area (Å²) in [5, 5.41) is 0. The molecule has 2 aromatic rings. The number of benzene rings is 2. The molecule has 0 fully saturated rings. The maximum absolute atomic E-state index is 5.74. The van der Waals surface area contributed by atoms with Crippen molar-refractivity contribution >= 4 is 15.9 Å². The first-order valence-corrected chi connectivity index (χ1v) is 7.66. The van der Waals surface area contributed by atoms with Gasteiger partial charge in [-0.1, -0.05) is 34.1 Å². The van der Waals surface area contributed by atoms with Crippen molar-refractivity contribution in [3.05, 3.63) is 58.6 Å². The van der Waals surface area contributed by atoms with Gasteiger partial charge in [-0.3, -0.25) is 4.90 Å². The zero-order valence-electron chi connectivity index (χ0n) is 12.4. The molecule has 0 bridgehead atoms. The second kappa shape index (κ2) is 8.05. The predicted molar refractivity (Wildman–Crippen MR) is 89.0 cm³/mol. The molecule has 4 heteroatoms. The molecule has 0 atom stereocenters. The summed E-state index contributed by atoms with van der Waals surface area (Å²) in [5.41, 5.74) is 1.26. The van der Waals surface area contributed by atoms with Gasteiger partial charge in [0, 0.05) is 17.6 Å². The summed E-state index contributed by atoms with van der Waals surface area (Å²) in [7, 11) is 3.77. The van der Waals surface area contributed by atoms with E-state index in [2.05, 4.69) is 40.0 Å². The highest BCUT2D eigenvalue weighted by Gasteiger charge is 2.02. The first-order valence-electron chi connectivity index (χ1n) is 6.87. The molecular weight excluding hydrogens is 330 g/mol. The van der Waals surface area contributed by atoms with Crippen molar-refractivity contribution in [2.75, 3.05) is 27.3 Å². The minimum atomic E-state index is 0.670. The smallest absolute Gasteiger partial charge is 0.120 e. The van der Waals surface area contributed by atoms with Crippen molar-refractivity contribution < 1.29 is 9.47 Å². The largest absolute Gasteiger partial charge is 0.497 e. The molecule has 0 aliphatic rings. The molecule has 0 aromatic heterocycles. The first kappa shape index (κ1) is 15.9. The molecule has 0 amide bonds. The van der Waals surface area contributed by atoms with Crippen molar-refractivity contribution in [3.8, 4) is 11.5 Å². The van der Waals surface area contributed by atoms with Crippen LogP contribution in [-0.4, -0.2) is 32.2 Å². The van der Waals surface area contributed by atoms with E-state index in [1.54, 1.807) is 7.11 Å². The number of hydrogen-bond acceptors (Lipinski definition) is 3. The lowest BCUT2D eigenvalue weighted by Gasteiger charge is -2.17. The quantitative estimate of drug-likeness (QED) is 0.754. The number of halogens is 1.